The minimum atomic E-state index is -0.669. The number of thioether (sulfide) groups is 1. The average Bonchev–Trinajstić information content (AvgIpc) is 2.92. The van der Waals surface area contributed by atoms with E-state index in [1.807, 2.05) is 0 Å². The van der Waals surface area contributed by atoms with Gasteiger partial charge in [-0.15, -0.1) is 0 Å². The van der Waals surface area contributed by atoms with Crippen LogP contribution in [-0.2, 0) is 4.79 Å². The van der Waals surface area contributed by atoms with Crippen molar-refractivity contribution in [3.63, 3.8) is 0 Å². The van der Waals surface area contributed by atoms with Gasteiger partial charge in [0.05, 0.1) is 5.41 Å². The number of carbonyl (C=O) groups is 1. The molecular weight excluding hydrogens is 198 g/mol. The molecule has 1 saturated heterocycles. The summed E-state index contributed by atoms with van der Waals surface area (Å²) in [5.74, 6) is 1.73. The monoisotopic (exact) mass is 215 g/mol. The van der Waals surface area contributed by atoms with E-state index in [4.69, 9.17) is 5.73 Å². The maximum Gasteiger partial charge on any atom is 0.311 e. The Morgan fingerprint density at radius 1 is 1.57 bits per heavy atom. The summed E-state index contributed by atoms with van der Waals surface area (Å²) in [6, 6.07) is -0.153. The average molecular weight is 215 g/mol. The van der Waals surface area contributed by atoms with E-state index in [-0.39, 0.29) is 6.04 Å². The van der Waals surface area contributed by atoms with Crippen LogP contribution < -0.4 is 5.73 Å². The highest BCUT2D eigenvalue weighted by Crippen LogP contribution is 2.46. The summed E-state index contributed by atoms with van der Waals surface area (Å²) >= 11 is 1.78. The molecule has 1 saturated carbocycles. The first-order valence-corrected chi connectivity index (χ1v) is 6.37. The van der Waals surface area contributed by atoms with Gasteiger partial charge < -0.3 is 10.8 Å². The largest absolute Gasteiger partial charge is 0.481 e. The minimum absolute atomic E-state index is 0.153. The lowest BCUT2D eigenvalue weighted by Crippen LogP contribution is -2.52. The van der Waals surface area contributed by atoms with Crippen molar-refractivity contribution in [1.29, 1.82) is 0 Å². The fraction of sp³-hybridized carbons (Fsp3) is 0.900. The van der Waals surface area contributed by atoms with Crippen LogP contribution in [0.2, 0.25) is 0 Å². The number of hydrogen-bond acceptors (Lipinski definition) is 3. The molecule has 4 heteroatoms. The van der Waals surface area contributed by atoms with Gasteiger partial charge in [-0.1, -0.05) is 12.8 Å². The summed E-state index contributed by atoms with van der Waals surface area (Å²) in [6.07, 6.45) is 3.97. The fourth-order valence-electron chi connectivity index (χ4n) is 2.25. The number of carboxylic acid groups (broad SMARTS) is 1. The lowest BCUT2D eigenvalue weighted by Gasteiger charge is -2.38. The summed E-state index contributed by atoms with van der Waals surface area (Å²) in [4.78, 5) is 11.4. The first-order chi connectivity index (χ1) is 6.65. The van der Waals surface area contributed by atoms with E-state index >= 15 is 0 Å². The van der Waals surface area contributed by atoms with Crippen molar-refractivity contribution in [2.24, 2.45) is 17.1 Å². The highest BCUT2D eigenvalue weighted by Gasteiger charge is 2.48. The molecule has 0 radical (unpaired) electrons. The van der Waals surface area contributed by atoms with Gasteiger partial charge in [0.2, 0.25) is 0 Å². The molecule has 14 heavy (non-hydrogen) atoms. The third-order valence-electron chi connectivity index (χ3n) is 3.48. The Morgan fingerprint density at radius 2 is 2.29 bits per heavy atom. The molecule has 2 atom stereocenters. The van der Waals surface area contributed by atoms with Gasteiger partial charge in [-0.05, 0) is 24.5 Å². The van der Waals surface area contributed by atoms with E-state index in [1.54, 1.807) is 11.8 Å². The van der Waals surface area contributed by atoms with Gasteiger partial charge in [-0.2, -0.15) is 11.8 Å². The molecule has 1 aliphatic carbocycles. The van der Waals surface area contributed by atoms with E-state index in [0.29, 0.717) is 5.92 Å². The van der Waals surface area contributed by atoms with Gasteiger partial charge in [-0.3, -0.25) is 4.79 Å². The predicted molar refractivity (Wildman–Crippen MR) is 57.3 cm³/mol. The molecule has 2 fully saturated rings. The number of rotatable bonds is 3. The SMILES string of the molecule is NC1CSCCC1(CC1CC1)C(=O)O. The maximum atomic E-state index is 11.4. The molecule has 1 aliphatic heterocycles. The number of carboxylic acids is 1. The Hall–Kier alpha value is -0.220. The van der Waals surface area contributed by atoms with E-state index in [9.17, 15) is 9.90 Å². The van der Waals surface area contributed by atoms with Crippen molar-refractivity contribution in [3.8, 4) is 0 Å². The van der Waals surface area contributed by atoms with Crippen molar-refractivity contribution in [2.75, 3.05) is 11.5 Å². The molecule has 2 aliphatic rings. The van der Waals surface area contributed by atoms with Crippen LogP contribution in [0, 0.1) is 11.3 Å². The molecule has 0 aromatic heterocycles. The molecule has 1 heterocycles. The van der Waals surface area contributed by atoms with Gasteiger partial charge in [0.1, 0.15) is 0 Å². The molecule has 3 N–H and O–H groups in total. The highest BCUT2D eigenvalue weighted by atomic mass is 32.2. The van der Waals surface area contributed by atoms with Crippen LogP contribution in [0.3, 0.4) is 0 Å². The van der Waals surface area contributed by atoms with Crippen LogP contribution in [0.15, 0.2) is 0 Å². The van der Waals surface area contributed by atoms with Crippen molar-refractivity contribution < 1.29 is 9.90 Å². The summed E-state index contributed by atoms with van der Waals surface area (Å²) in [7, 11) is 0. The van der Waals surface area contributed by atoms with Gasteiger partial charge in [0.15, 0.2) is 0 Å². The number of hydrogen-bond donors (Lipinski definition) is 2. The Kier molecular flexibility index (Phi) is 2.75. The molecule has 80 valence electrons. The lowest BCUT2D eigenvalue weighted by molar-refractivity contribution is -0.151. The van der Waals surface area contributed by atoms with Gasteiger partial charge >= 0.3 is 5.97 Å². The Balaban J connectivity index is 2.13. The summed E-state index contributed by atoms with van der Waals surface area (Å²) in [5, 5.41) is 9.35. The number of nitrogens with two attached hydrogens (primary N) is 1. The lowest BCUT2D eigenvalue weighted by atomic mass is 9.74. The Labute approximate surface area is 88.4 Å². The second kappa shape index (κ2) is 3.74. The topological polar surface area (TPSA) is 63.3 Å². The van der Waals surface area contributed by atoms with E-state index < -0.39 is 11.4 Å². The van der Waals surface area contributed by atoms with Crippen LogP contribution in [0.25, 0.3) is 0 Å². The Bertz CT molecular complexity index is 242. The first kappa shape index (κ1) is 10.3. The molecule has 0 bridgehead atoms. The van der Waals surface area contributed by atoms with Crippen LogP contribution in [0.5, 0.6) is 0 Å². The van der Waals surface area contributed by atoms with Gasteiger partial charge in [-0.25, -0.2) is 0 Å². The molecule has 0 amide bonds. The third-order valence-corrected chi connectivity index (χ3v) is 4.56. The zero-order valence-electron chi connectivity index (χ0n) is 8.24. The summed E-state index contributed by atoms with van der Waals surface area (Å²) < 4.78 is 0. The van der Waals surface area contributed by atoms with Crippen molar-refractivity contribution in [2.45, 2.75) is 31.7 Å². The molecule has 0 aromatic rings. The standard InChI is InChI=1S/C10H17NO2S/c11-8-6-14-4-3-10(8,9(12)13)5-7-1-2-7/h7-8H,1-6,11H2,(H,12,13). The van der Waals surface area contributed by atoms with Gasteiger partial charge in [0.25, 0.3) is 0 Å². The molecule has 0 aromatic carbocycles. The normalized spacial score (nSPS) is 38.2. The fourth-order valence-corrected chi connectivity index (χ4v) is 3.50. The molecule has 2 rings (SSSR count). The van der Waals surface area contributed by atoms with Crippen LogP contribution in [0.1, 0.15) is 25.7 Å². The maximum absolute atomic E-state index is 11.4. The molecular formula is C10H17NO2S. The predicted octanol–water partition coefficient (Wildman–Crippen LogP) is 1.32. The summed E-state index contributed by atoms with van der Waals surface area (Å²) in [5.41, 5.74) is 5.38. The van der Waals surface area contributed by atoms with Crippen molar-refractivity contribution in [3.05, 3.63) is 0 Å². The quantitative estimate of drug-likeness (QED) is 0.745. The van der Waals surface area contributed by atoms with Crippen LogP contribution in [0.4, 0.5) is 0 Å². The van der Waals surface area contributed by atoms with E-state index in [2.05, 4.69) is 0 Å². The molecule has 0 spiro atoms. The zero-order chi connectivity index (χ0) is 10.2. The minimum Gasteiger partial charge on any atom is -0.481 e. The second-order valence-corrected chi connectivity index (χ2v) is 5.69. The summed E-state index contributed by atoms with van der Waals surface area (Å²) in [6.45, 7) is 0. The number of aliphatic carboxylic acids is 1. The van der Waals surface area contributed by atoms with Crippen molar-refractivity contribution >= 4 is 17.7 Å². The smallest absolute Gasteiger partial charge is 0.311 e. The zero-order valence-corrected chi connectivity index (χ0v) is 9.05. The third kappa shape index (κ3) is 1.77. The highest BCUT2D eigenvalue weighted by molar-refractivity contribution is 7.99. The van der Waals surface area contributed by atoms with Crippen LogP contribution >= 0.6 is 11.8 Å². The molecule has 2 unspecified atom stereocenters. The van der Waals surface area contributed by atoms with E-state index in [0.717, 1.165) is 24.3 Å². The van der Waals surface area contributed by atoms with E-state index in [1.165, 1.54) is 12.8 Å². The first-order valence-electron chi connectivity index (χ1n) is 5.22. The van der Waals surface area contributed by atoms with Crippen LogP contribution in [-0.4, -0.2) is 28.6 Å². The van der Waals surface area contributed by atoms with Crippen molar-refractivity contribution in [1.82, 2.24) is 0 Å². The van der Waals surface area contributed by atoms with Gasteiger partial charge in [0, 0.05) is 11.8 Å². The second-order valence-electron chi connectivity index (χ2n) is 4.54. The molecule has 3 nitrogen and oxygen atoms in total. The Morgan fingerprint density at radius 3 is 2.79 bits per heavy atom.